The molecule has 0 aliphatic rings. The highest BCUT2D eigenvalue weighted by Crippen LogP contribution is 2.24. The number of benzene rings is 1. The van der Waals surface area contributed by atoms with Crippen molar-refractivity contribution in [1.82, 2.24) is 0 Å². The molecule has 0 amide bonds. The third-order valence-corrected chi connectivity index (χ3v) is 3.22. The molecule has 0 saturated heterocycles. The Bertz CT molecular complexity index is 716. The average Bonchev–Trinajstić information content (AvgIpc) is 2.58. The fraction of sp³-hybridized carbons (Fsp3) is 0.150. The van der Waals surface area contributed by atoms with E-state index in [1.165, 1.54) is 18.2 Å². The van der Waals surface area contributed by atoms with Gasteiger partial charge in [0.2, 0.25) is 0 Å². The van der Waals surface area contributed by atoms with E-state index in [2.05, 4.69) is 31.6 Å². The van der Waals surface area contributed by atoms with E-state index in [1.807, 2.05) is 6.92 Å². The van der Waals surface area contributed by atoms with Crippen molar-refractivity contribution in [1.29, 1.82) is 5.41 Å². The second kappa shape index (κ2) is 10.8. The number of anilines is 2. The molecule has 0 heterocycles. The standard InChI is InChI=1S/C18H21F2N3.C2H4/c1-5-11(3)23-18-9-14(17(22)10-15(18)20)16(21)8-7-13(6-2)12(4)19;1-2/h6-10,21,23H,3-5,22H2,1-2H3;1-2H2/b8-7+,13-6-,21-16?;. The molecule has 4 N–H and O–H groups in total. The maximum atomic E-state index is 13.9. The third kappa shape index (κ3) is 6.59. The van der Waals surface area contributed by atoms with Gasteiger partial charge in [-0.2, -0.15) is 0 Å². The van der Waals surface area contributed by atoms with Gasteiger partial charge in [-0.1, -0.05) is 32.2 Å². The van der Waals surface area contributed by atoms with Gasteiger partial charge in [-0.3, -0.25) is 0 Å². The van der Waals surface area contributed by atoms with Crippen LogP contribution in [0.4, 0.5) is 20.2 Å². The van der Waals surface area contributed by atoms with Gasteiger partial charge in [-0.15, -0.1) is 13.2 Å². The van der Waals surface area contributed by atoms with Gasteiger partial charge >= 0.3 is 0 Å². The number of nitrogens with two attached hydrogens (primary N) is 1. The number of nitrogens with one attached hydrogen (secondary N) is 2. The molecule has 0 radical (unpaired) electrons. The van der Waals surface area contributed by atoms with Gasteiger partial charge in [0.05, 0.1) is 11.4 Å². The minimum Gasteiger partial charge on any atom is -0.398 e. The number of nitrogen functional groups attached to an aromatic ring is 1. The summed E-state index contributed by atoms with van der Waals surface area (Å²) >= 11 is 0. The van der Waals surface area contributed by atoms with Gasteiger partial charge in [-0.25, -0.2) is 8.78 Å². The molecule has 0 aromatic heterocycles. The SMILES string of the molecule is C=C.C=C(CC)Nc1cc(C(=N)/C=C/C(=C/C)C(=C)F)c(N)cc1F. The lowest BCUT2D eigenvalue weighted by Gasteiger charge is -2.12. The number of halogens is 2. The summed E-state index contributed by atoms with van der Waals surface area (Å²) in [4.78, 5) is 0. The van der Waals surface area contributed by atoms with E-state index in [-0.39, 0.29) is 22.7 Å². The number of allylic oxidation sites excluding steroid dienone is 6. The molecule has 3 nitrogen and oxygen atoms in total. The van der Waals surface area contributed by atoms with Gasteiger partial charge in [0, 0.05) is 22.5 Å². The molecule has 1 rings (SSSR count). The van der Waals surface area contributed by atoms with Gasteiger partial charge in [-0.05, 0) is 31.6 Å². The van der Waals surface area contributed by atoms with Crippen LogP contribution in [0.3, 0.4) is 0 Å². The predicted octanol–water partition coefficient (Wildman–Crippen LogP) is 5.90. The van der Waals surface area contributed by atoms with Crippen LogP contribution in [-0.2, 0) is 0 Å². The zero-order valence-electron chi connectivity index (χ0n) is 14.8. The molecule has 0 aliphatic carbocycles. The van der Waals surface area contributed by atoms with Crippen LogP contribution in [-0.4, -0.2) is 5.71 Å². The smallest absolute Gasteiger partial charge is 0.148 e. The Morgan fingerprint density at radius 3 is 2.36 bits per heavy atom. The highest BCUT2D eigenvalue weighted by Gasteiger charge is 2.11. The van der Waals surface area contributed by atoms with Crippen LogP contribution in [0.5, 0.6) is 0 Å². The lowest BCUT2D eigenvalue weighted by molar-refractivity contribution is 0.632. The summed E-state index contributed by atoms with van der Waals surface area (Å²) in [7, 11) is 0. The second-order valence-corrected chi connectivity index (χ2v) is 4.90. The molecule has 0 bridgehead atoms. The van der Waals surface area contributed by atoms with Crippen molar-refractivity contribution >= 4 is 17.1 Å². The molecule has 0 spiro atoms. The third-order valence-electron chi connectivity index (χ3n) is 3.22. The van der Waals surface area contributed by atoms with E-state index in [4.69, 9.17) is 11.1 Å². The molecule has 25 heavy (non-hydrogen) atoms. The molecule has 0 saturated carbocycles. The molecule has 0 aliphatic heterocycles. The number of hydrogen-bond donors (Lipinski definition) is 3. The van der Waals surface area contributed by atoms with Crippen LogP contribution < -0.4 is 11.1 Å². The summed E-state index contributed by atoms with van der Waals surface area (Å²) in [6.07, 6.45) is 4.99. The van der Waals surface area contributed by atoms with Crippen molar-refractivity contribution < 1.29 is 8.78 Å². The van der Waals surface area contributed by atoms with Crippen molar-refractivity contribution in [3.63, 3.8) is 0 Å². The first-order chi connectivity index (χ1) is 11.8. The lowest BCUT2D eigenvalue weighted by Crippen LogP contribution is -2.06. The highest BCUT2D eigenvalue weighted by atomic mass is 19.1. The van der Waals surface area contributed by atoms with Crippen molar-refractivity contribution in [2.75, 3.05) is 11.1 Å². The molecule has 134 valence electrons. The molecule has 5 heteroatoms. The Labute approximate surface area is 148 Å². The van der Waals surface area contributed by atoms with E-state index in [0.29, 0.717) is 17.7 Å². The summed E-state index contributed by atoms with van der Waals surface area (Å²) in [6, 6.07) is 2.59. The van der Waals surface area contributed by atoms with E-state index in [9.17, 15) is 8.78 Å². The highest BCUT2D eigenvalue weighted by molar-refractivity contribution is 6.10. The fourth-order valence-electron chi connectivity index (χ4n) is 1.80. The molecule has 1 aromatic rings. The number of hydrogen-bond acceptors (Lipinski definition) is 3. The van der Waals surface area contributed by atoms with Crippen LogP contribution in [0, 0.1) is 11.2 Å². The zero-order chi connectivity index (χ0) is 19.6. The minimum atomic E-state index is -0.592. The molecule has 0 fully saturated rings. The van der Waals surface area contributed by atoms with Crippen LogP contribution >= 0.6 is 0 Å². The maximum Gasteiger partial charge on any atom is 0.148 e. The average molecular weight is 345 g/mol. The van der Waals surface area contributed by atoms with Crippen LogP contribution in [0.1, 0.15) is 25.8 Å². The molecule has 0 atom stereocenters. The fourth-order valence-corrected chi connectivity index (χ4v) is 1.80. The number of rotatable bonds is 7. The van der Waals surface area contributed by atoms with Crippen molar-refractivity contribution in [3.05, 3.63) is 85.2 Å². The zero-order valence-corrected chi connectivity index (χ0v) is 14.8. The van der Waals surface area contributed by atoms with Gasteiger partial charge < -0.3 is 16.5 Å². The Morgan fingerprint density at radius 2 is 1.88 bits per heavy atom. The Morgan fingerprint density at radius 1 is 1.28 bits per heavy atom. The van der Waals surface area contributed by atoms with Crippen LogP contribution in [0.2, 0.25) is 0 Å². The lowest BCUT2D eigenvalue weighted by atomic mass is 10.0. The Kier molecular flexibility index (Phi) is 9.49. The summed E-state index contributed by atoms with van der Waals surface area (Å²) in [5.74, 6) is -1.12. The molecule has 1 aromatic carbocycles. The van der Waals surface area contributed by atoms with Crippen LogP contribution in [0.15, 0.2) is 73.8 Å². The van der Waals surface area contributed by atoms with Crippen molar-refractivity contribution in [2.24, 2.45) is 0 Å². The minimum absolute atomic E-state index is 0.0354. The largest absolute Gasteiger partial charge is 0.398 e. The van der Waals surface area contributed by atoms with Gasteiger partial charge in [0.1, 0.15) is 11.6 Å². The van der Waals surface area contributed by atoms with E-state index in [1.54, 1.807) is 13.0 Å². The molecular formula is C20H25F2N3. The first kappa shape index (κ1) is 22.1. The summed E-state index contributed by atoms with van der Waals surface area (Å²) in [5, 5.41) is 10.9. The van der Waals surface area contributed by atoms with E-state index >= 15 is 0 Å². The van der Waals surface area contributed by atoms with Gasteiger partial charge in [0.15, 0.2) is 0 Å². The quantitative estimate of drug-likeness (QED) is 0.249. The maximum absolute atomic E-state index is 13.9. The summed E-state index contributed by atoms with van der Waals surface area (Å²) in [5.41, 5.74) is 7.40. The monoisotopic (exact) mass is 345 g/mol. The topological polar surface area (TPSA) is 61.9 Å². The second-order valence-electron chi connectivity index (χ2n) is 4.90. The Hall–Kier alpha value is -2.95. The van der Waals surface area contributed by atoms with E-state index < -0.39 is 11.6 Å². The van der Waals surface area contributed by atoms with Crippen molar-refractivity contribution in [2.45, 2.75) is 20.3 Å². The summed E-state index contributed by atoms with van der Waals surface area (Å²) < 4.78 is 27.0. The Balaban J connectivity index is 0.00000277. The van der Waals surface area contributed by atoms with Gasteiger partial charge in [0.25, 0.3) is 0 Å². The van der Waals surface area contributed by atoms with Crippen molar-refractivity contribution in [3.8, 4) is 0 Å². The molecular weight excluding hydrogens is 320 g/mol. The normalized spacial score (nSPS) is 10.8. The van der Waals surface area contributed by atoms with E-state index in [0.717, 1.165) is 6.07 Å². The van der Waals surface area contributed by atoms with Crippen LogP contribution in [0.25, 0.3) is 0 Å². The predicted molar refractivity (Wildman–Crippen MR) is 105 cm³/mol. The first-order valence-electron chi connectivity index (χ1n) is 7.62. The summed E-state index contributed by atoms with van der Waals surface area (Å²) in [6.45, 7) is 16.5. The molecule has 0 unspecified atom stereocenters. The first-order valence-corrected chi connectivity index (χ1v) is 7.62.